The van der Waals surface area contributed by atoms with E-state index in [4.69, 9.17) is 11.1 Å². The molecule has 1 aromatic carbocycles. The van der Waals surface area contributed by atoms with Gasteiger partial charge in [-0.25, -0.2) is 9.97 Å². The van der Waals surface area contributed by atoms with Crippen LogP contribution in [0.3, 0.4) is 0 Å². The van der Waals surface area contributed by atoms with Gasteiger partial charge in [-0.15, -0.1) is 0 Å². The van der Waals surface area contributed by atoms with Crippen LogP contribution >= 0.6 is 11.8 Å². The molecular formula is C15H15N5S. The lowest BCUT2D eigenvalue weighted by atomic mass is 10.2. The number of H-pyrrole nitrogens is 1. The second-order valence-electron chi connectivity index (χ2n) is 4.88. The summed E-state index contributed by atoms with van der Waals surface area (Å²) in [5, 5.41) is 9.08. The monoisotopic (exact) mass is 297 g/mol. The molecule has 0 spiro atoms. The molecule has 6 heteroatoms. The number of nitrogen functional groups attached to an aromatic ring is 1. The van der Waals surface area contributed by atoms with Crippen LogP contribution in [0.25, 0.3) is 11.0 Å². The zero-order valence-corrected chi connectivity index (χ0v) is 12.6. The Morgan fingerprint density at radius 1 is 1.19 bits per heavy atom. The van der Waals surface area contributed by atoms with Crippen molar-refractivity contribution in [1.82, 2.24) is 15.0 Å². The van der Waals surface area contributed by atoms with Gasteiger partial charge < -0.3 is 10.7 Å². The summed E-state index contributed by atoms with van der Waals surface area (Å²) in [5.41, 5.74) is 10.2. The molecule has 0 saturated carbocycles. The van der Waals surface area contributed by atoms with E-state index in [-0.39, 0.29) is 5.84 Å². The first-order chi connectivity index (χ1) is 10.0. The van der Waals surface area contributed by atoms with Gasteiger partial charge in [-0.2, -0.15) is 0 Å². The number of rotatable bonds is 3. The van der Waals surface area contributed by atoms with Crippen LogP contribution in [-0.4, -0.2) is 20.8 Å². The van der Waals surface area contributed by atoms with Crippen molar-refractivity contribution in [3.8, 4) is 0 Å². The van der Waals surface area contributed by atoms with E-state index in [2.05, 4.69) is 21.0 Å². The highest BCUT2D eigenvalue weighted by molar-refractivity contribution is 7.99. The maximum Gasteiger partial charge on any atom is 0.172 e. The number of nitrogens with one attached hydrogen (secondary N) is 2. The number of aryl methyl sites for hydroxylation is 2. The lowest BCUT2D eigenvalue weighted by Crippen LogP contribution is -2.13. The lowest BCUT2D eigenvalue weighted by Gasteiger charge is -2.06. The summed E-state index contributed by atoms with van der Waals surface area (Å²) in [6, 6.07) is 9.74. The number of nitrogens with zero attached hydrogens (tertiary/aromatic N) is 2. The normalized spacial score (nSPS) is 11.0. The third kappa shape index (κ3) is 2.75. The minimum Gasteiger partial charge on any atom is -0.384 e. The first kappa shape index (κ1) is 13.6. The van der Waals surface area contributed by atoms with Gasteiger partial charge >= 0.3 is 0 Å². The number of benzene rings is 1. The average Bonchev–Trinajstić information content (AvgIpc) is 2.79. The number of aromatic nitrogens is 3. The summed E-state index contributed by atoms with van der Waals surface area (Å²) in [7, 11) is 0. The standard InChI is InChI=1S/C15H15N5S/c1-8-3-6-11-12(7-8)20-15(19-11)21-14-10(13(16)17)5-4-9(2)18-14/h3-7H,1-2H3,(H3,16,17)(H,19,20). The topological polar surface area (TPSA) is 91.4 Å². The van der Waals surface area contributed by atoms with Crippen LogP contribution in [0.1, 0.15) is 16.8 Å². The van der Waals surface area contributed by atoms with Crippen LogP contribution < -0.4 is 5.73 Å². The number of hydrogen-bond acceptors (Lipinski definition) is 4. The number of pyridine rings is 1. The van der Waals surface area contributed by atoms with E-state index in [1.165, 1.54) is 17.3 Å². The van der Waals surface area contributed by atoms with Crippen molar-refractivity contribution in [1.29, 1.82) is 5.41 Å². The Kier molecular flexibility index (Phi) is 3.39. The second kappa shape index (κ2) is 5.21. The molecule has 0 aliphatic carbocycles. The van der Waals surface area contributed by atoms with Gasteiger partial charge in [0.1, 0.15) is 10.9 Å². The highest BCUT2D eigenvalue weighted by Gasteiger charge is 2.12. The minimum absolute atomic E-state index is 0.0111. The Hall–Kier alpha value is -2.34. The number of hydrogen-bond donors (Lipinski definition) is 3. The molecule has 4 N–H and O–H groups in total. The Bertz CT molecular complexity index is 837. The van der Waals surface area contributed by atoms with Crippen LogP contribution in [0.4, 0.5) is 0 Å². The van der Waals surface area contributed by atoms with Crippen LogP contribution in [0, 0.1) is 19.3 Å². The highest BCUT2D eigenvalue weighted by atomic mass is 32.2. The van der Waals surface area contributed by atoms with Crippen LogP contribution in [0.2, 0.25) is 0 Å². The molecule has 0 atom stereocenters. The fraction of sp³-hybridized carbons (Fsp3) is 0.133. The smallest absolute Gasteiger partial charge is 0.172 e. The quantitative estimate of drug-likeness (QED) is 0.512. The molecule has 21 heavy (non-hydrogen) atoms. The van der Waals surface area contributed by atoms with E-state index in [0.717, 1.165) is 21.9 Å². The van der Waals surface area contributed by atoms with Gasteiger partial charge in [-0.3, -0.25) is 5.41 Å². The highest BCUT2D eigenvalue weighted by Crippen LogP contribution is 2.28. The molecule has 0 amide bonds. The van der Waals surface area contributed by atoms with Crippen molar-refractivity contribution in [2.75, 3.05) is 0 Å². The molecule has 5 nitrogen and oxygen atoms in total. The third-order valence-electron chi connectivity index (χ3n) is 3.10. The molecule has 106 valence electrons. The predicted molar refractivity (Wildman–Crippen MR) is 84.9 cm³/mol. The summed E-state index contributed by atoms with van der Waals surface area (Å²) >= 11 is 1.39. The number of fused-ring (bicyclic) bond motifs is 1. The van der Waals surface area contributed by atoms with Gasteiger partial charge in [0.05, 0.1) is 11.0 Å². The van der Waals surface area contributed by atoms with Crippen molar-refractivity contribution in [3.05, 3.63) is 47.2 Å². The fourth-order valence-corrected chi connectivity index (χ4v) is 3.02. The Morgan fingerprint density at radius 2 is 2.00 bits per heavy atom. The van der Waals surface area contributed by atoms with Crippen LogP contribution in [-0.2, 0) is 0 Å². The fourth-order valence-electron chi connectivity index (χ4n) is 2.06. The minimum atomic E-state index is 0.0111. The zero-order chi connectivity index (χ0) is 15.0. The number of nitrogens with two attached hydrogens (primary N) is 1. The molecular weight excluding hydrogens is 282 g/mol. The van der Waals surface area contributed by atoms with E-state index in [0.29, 0.717) is 10.6 Å². The van der Waals surface area contributed by atoms with Crippen molar-refractivity contribution in [2.45, 2.75) is 24.0 Å². The first-order valence-corrected chi connectivity index (χ1v) is 7.31. The average molecular weight is 297 g/mol. The molecule has 0 unspecified atom stereocenters. The van der Waals surface area contributed by atoms with Crippen LogP contribution in [0.5, 0.6) is 0 Å². The van der Waals surface area contributed by atoms with E-state index in [1.807, 2.05) is 38.1 Å². The van der Waals surface area contributed by atoms with Gasteiger partial charge in [0.25, 0.3) is 0 Å². The molecule has 0 aliphatic rings. The van der Waals surface area contributed by atoms with Crippen molar-refractivity contribution in [2.24, 2.45) is 5.73 Å². The van der Waals surface area contributed by atoms with E-state index in [9.17, 15) is 0 Å². The Balaban J connectivity index is 2.02. The number of aromatic amines is 1. The maximum absolute atomic E-state index is 7.64. The van der Waals surface area contributed by atoms with E-state index < -0.39 is 0 Å². The summed E-state index contributed by atoms with van der Waals surface area (Å²) in [5.74, 6) is 0.0111. The Labute approximate surface area is 126 Å². The zero-order valence-electron chi connectivity index (χ0n) is 11.8. The largest absolute Gasteiger partial charge is 0.384 e. The Morgan fingerprint density at radius 3 is 2.76 bits per heavy atom. The molecule has 0 fully saturated rings. The molecule has 2 aromatic heterocycles. The lowest BCUT2D eigenvalue weighted by molar-refractivity contribution is 1.02. The summed E-state index contributed by atoms with van der Waals surface area (Å²) in [4.78, 5) is 12.3. The summed E-state index contributed by atoms with van der Waals surface area (Å²) < 4.78 is 0. The van der Waals surface area contributed by atoms with Gasteiger partial charge in [-0.1, -0.05) is 6.07 Å². The number of imidazole rings is 1. The number of amidine groups is 1. The molecule has 0 saturated heterocycles. The molecule has 0 radical (unpaired) electrons. The van der Waals surface area contributed by atoms with Crippen molar-refractivity contribution < 1.29 is 0 Å². The SMILES string of the molecule is Cc1ccc2nc(Sc3nc(C)ccc3C(=N)N)[nH]c2c1. The van der Waals surface area contributed by atoms with Crippen molar-refractivity contribution >= 4 is 28.6 Å². The van der Waals surface area contributed by atoms with E-state index in [1.54, 1.807) is 0 Å². The molecule has 3 aromatic rings. The van der Waals surface area contributed by atoms with Crippen molar-refractivity contribution in [3.63, 3.8) is 0 Å². The molecule has 0 aliphatic heterocycles. The predicted octanol–water partition coefficient (Wildman–Crippen LogP) is 3.01. The first-order valence-electron chi connectivity index (χ1n) is 6.49. The van der Waals surface area contributed by atoms with E-state index >= 15 is 0 Å². The maximum atomic E-state index is 7.64. The van der Waals surface area contributed by atoms with Gasteiger partial charge in [0, 0.05) is 11.3 Å². The molecule has 3 rings (SSSR count). The molecule has 2 heterocycles. The van der Waals surface area contributed by atoms with Gasteiger partial charge in [0.2, 0.25) is 0 Å². The summed E-state index contributed by atoms with van der Waals surface area (Å²) in [6.07, 6.45) is 0. The molecule has 0 bridgehead atoms. The third-order valence-corrected chi connectivity index (χ3v) is 3.99. The summed E-state index contributed by atoms with van der Waals surface area (Å²) in [6.45, 7) is 3.96. The second-order valence-corrected chi connectivity index (χ2v) is 5.86. The van der Waals surface area contributed by atoms with Crippen LogP contribution in [0.15, 0.2) is 40.5 Å². The van der Waals surface area contributed by atoms with Gasteiger partial charge in [0.15, 0.2) is 5.16 Å². The van der Waals surface area contributed by atoms with Gasteiger partial charge in [-0.05, 0) is 55.4 Å².